The molecule has 0 aliphatic carbocycles. The molecule has 0 aliphatic heterocycles. The topological polar surface area (TPSA) is 33.1 Å². The van der Waals surface area contributed by atoms with Crippen LogP contribution in [0.5, 0.6) is 0 Å². The lowest BCUT2D eigenvalue weighted by Gasteiger charge is -1.98. The quantitative estimate of drug-likeness (QED) is 0.655. The van der Waals surface area contributed by atoms with Gasteiger partial charge in [-0.25, -0.2) is 0 Å². The second-order valence-corrected chi connectivity index (χ2v) is 3.35. The number of pyridine rings is 1. The van der Waals surface area contributed by atoms with Gasteiger partial charge in [0.2, 0.25) is 0 Å². The van der Waals surface area contributed by atoms with Crippen LogP contribution in [0.3, 0.4) is 0 Å². The first-order valence-corrected chi connectivity index (χ1v) is 4.80. The fourth-order valence-corrected chi connectivity index (χ4v) is 1.40. The Balaban J connectivity index is 2.58. The van der Waals surface area contributed by atoms with Crippen molar-refractivity contribution in [3.8, 4) is 11.8 Å². The van der Waals surface area contributed by atoms with E-state index in [0.29, 0.717) is 0 Å². The molecule has 2 rings (SSSR count). The first-order chi connectivity index (χ1) is 7.27. The van der Waals surface area contributed by atoms with E-state index < -0.39 is 6.10 Å². The summed E-state index contributed by atoms with van der Waals surface area (Å²) < 4.78 is 0. The van der Waals surface area contributed by atoms with E-state index in [1.807, 2.05) is 30.5 Å². The molecular formula is C13H11NO. The number of benzene rings is 1. The lowest BCUT2D eigenvalue weighted by atomic mass is 10.1. The first kappa shape index (κ1) is 9.70. The molecule has 0 spiro atoms. The molecule has 2 nitrogen and oxygen atoms in total. The van der Waals surface area contributed by atoms with Crippen molar-refractivity contribution in [2.75, 3.05) is 0 Å². The smallest absolute Gasteiger partial charge is 0.112 e. The summed E-state index contributed by atoms with van der Waals surface area (Å²) in [6, 6.07) is 7.94. The summed E-state index contributed by atoms with van der Waals surface area (Å²) in [5, 5.41) is 11.2. The van der Waals surface area contributed by atoms with E-state index in [-0.39, 0.29) is 0 Å². The fourth-order valence-electron chi connectivity index (χ4n) is 1.40. The van der Waals surface area contributed by atoms with Gasteiger partial charge in [-0.2, -0.15) is 0 Å². The molecule has 0 unspecified atom stereocenters. The van der Waals surface area contributed by atoms with Crippen LogP contribution in [0.1, 0.15) is 12.5 Å². The van der Waals surface area contributed by atoms with Gasteiger partial charge in [-0.1, -0.05) is 36.1 Å². The Morgan fingerprint density at radius 2 is 2.07 bits per heavy atom. The average molecular weight is 197 g/mol. The molecule has 0 amide bonds. The van der Waals surface area contributed by atoms with Gasteiger partial charge in [0.25, 0.3) is 0 Å². The Kier molecular flexibility index (Phi) is 2.66. The Morgan fingerprint density at radius 1 is 1.27 bits per heavy atom. The van der Waals surface area contributed by atoms with E-state index >= 15 is 0 Å². The minimum Gasteiger partial charge on any atom is -0.381 e. The molecule has 2 aromatic rings. The molecule has 1 heterocycles. The Hall–Kier alpha value is -1.85. The van der Waals surface area contributed by atoms with Crippen LogP contribution < -0.4 is 0 Å². The third-order valence-electron chi connectivity index (χ3n) is 2.08. The van der Waals surface area contributed by atoms with Crippen LogP contribution in [0.4, 0.5) is 0 Å². The van der Waals surface area contributed by atoms with Gasteiger partial charge in [0, 0.05) is 23.2 Å². The molecule has 0 aliphatic rings. The molecule has 0 saturated carbocycles. The zero-order valence-electron chi connectivity index (χ0n) is 8.44. The normalized spacial score (nSPS) is 11.9. The highest BCUT2D eigenvalue weighted by Crippen LogP contribution is 2.15. The molecule has 0 bridgehead atoms. The summed E-state index contributed by atoms with van der Waals surface area (Å²) in [6.45, 7) is 1.64. The van der Waals surface area contributed by atoms with Crippen molar-refractivity contribution in [1.29, 1.82) is 0 Å². The van der Waals surface area contributed by atoms with Crippen molar-refractivity contribution >= 4 is 10.8 Å². The molecule has 74 valence electrons. The summed E-state index contributed by atoms with van der Waals surface area (Å²) in [7, 11) is 0. The van der Waals surface area contributed by atoms with E-state index in [9.17, 15) is 0 Å². The van der Waals surface area contributed by atoms with Crippen LogP contribution in [0, 0.1) is 11.8 Å². The second kappa shape index (κ2) is 4.12. The lowest BCUT2D eigenvalue weighted by Crippen LogP contribution is -1.93. The van der Waals surface area contributed by atoms with Gasteiger partial charge < -0.3 is 5.11 Å². The number of aliphatic hydroxyl groups excluding tert-OH is 1. The molecule has 1 aromatic heterocycles. The van der Waals surface area contributed by atoms with Crippen molar-refractivity contribution in [1.82, 2.24) is 4.98 Å². The van der Waals surface area contributed by atoms with Crippen LogP contribution in [-0.2, 0) is 0 Å². The van der Waals surface area contributed by atoms with Gasteiger partial charge in [0.1, 0.15) is 6.10 Å². The van der Waals surface area contributed by atoms with Crippen LogP contribution in [-0.4, -0.2) is 16.2 Å². The second-order valence-electron chi connectivity index (χ2n) is 3.35. The molecule has 0 radical (unpaired) electrons. The minimum atomic E-state index is -0.607. The van der Waals surface area contributed by atoms with E-state index in [1.165, 1.54) is 0 Å². The summed E-state index contributed by atoms with van der Waals surface area (Å²) >= 11 is 0. The van der Waals surface area contributed by atoms with Gasteiger partial charge in [0.05, 0.1) is 5.56 Å². The predicted octanol–water partition coefficient (Wildman–Crippen LogP) is 1.97. The van der Waals surface area contributed by atoms with Crippen molar-refractivity contribution in [2.45, 2.75) is 13.0 Å². The molecule has 1 atom stereocenters. The summed E-state index contributed by atoms with van der Waals surface area (Å²) in [6.07, 6.45) is 2.92. The standard InChI is InChI=1S/C13H11NO/c1-10(15)6-7-12-9-14-8-11-4-2-3-5-13(11)12/h2-5,8-10,15H,1H3/t10-/m0/s1. The van der Waals surface area contributed by atoms with E-state index in [1.54, 1.807) is 13.1 Å². The number of nitrogens with zero attached hydrogens (tertiary/aromatic N) is 1. The number of aliphatic hydroxyl groups is 1. The Morgan fingerprint density at radius 3 is 2.87 bits per heavy atom. The summed E-state index contributed by atoms with van der Waals surface area (Å²) in [5.41, 5.74) is 0.856. The van der Waals surface area contributed by atoms with Gasteiger partial charge in [0.15, 0.2) is 0 Å². The number of hydrogen-bond donors (Lipinski definition) is 1. The largest absolute Gasteiger partial charge is 0.381 e. The van der Waals surface area contributed by atoms with E-state index in [4.69, 9.17) is 5.11 Å². The van der Waals surface area contributed by atoms with Gasteiger partial charge in [-0.3, -0.25) is 4.98 Å². The highest BCUT2D eigenvalue weighted by atomic mass is 16.3. The van der Waals surface area contributed by atoms with Crippen molar-refractivity contribution in [3.05, 3.63) is 42.2 Å². The van der Waals surface area contributed by atoms with Crippen molar-refractivity contribution in [3.63, 3.8) is 0 Å². The molecule has 1 N–H and O–H groups in total. The number of hydrogen-bond acceptors (Lipinski definition) is 2. The van der Waals surface area contributed by atoms with Crippen LogP contribution >= 0.6 is 0 Å². The zero-order chi connectivity index (χ0) is 10.7. The van der Waals surface area contributed by atoms with Crippen LogP contribution in [0.2, 0.25) is 0 Å². The summed E-state index contributed by atoms with van der Waals surface area (Å²) in [4.78, 5) is 4.11. The maximum absolute atomic E-state index is 9.09. The number of rotatable bonds is 0. The van der Waals surface area contributed by atoms with E-state index in [0.717, 1.165) is 16.3 Å². The van der Waals surface area contributed by atoms with Crippen molar-refractivity contribution < 1.29 is 5.11 Å². The maximum Gasteiger partial charge on any atom is 0.112 e. The Bertz CT molecular complexity index is 529. The highest BCUT2D eigenvalue weighted by molar-refractivity contribution is 5.87. The van der Waals surface area contributed by atoms with Crippen LogP contribution in [0.25, 0.3) is 10.8 Å². The molecular weight excluding hydrogens is 186 g/mol. The third kappa shape index (κ3) is 2.15. The predicted molar refractivity (Wildman–Crippen MR) is 60.3 cm³/mol. The first-order valence-electron chi connectivity index (χ1n) is 4.80. The monoisotopic (exact) mass is 197 g/mol. The molecule has 15 heavy (non-hydrogen) atoms. The lowest BCUT2D eigenvalue weighted by molar-refractivity contribution is 0.253. The molecule has 0 fully saturated rings. The molecule has 1 aromatic carbocycles. The third-order valence-corrected chi connectivity index (χ3v) is 2.08. The zero-order valence-corrected chi connectivity index (χ0v) is 8.44. The van der Waals surface area contributed by atoms with Gasteiger partial charge in [-0.05, 0) is 6.92 Å². The van der Waals surface area contributed by atoms with E-state index in [2.05, 4.69) is 16.8 Å². The SMILES string of the molecule is C[C@H](O)C#Cc1cncc2ccccc12. The number of aromatic nitrogens is 1. The van der Waals surface area contributed by atoms with Crippen LogP contribution in [0.15, 0.2) is 36.7 Å². The maximum atomic E-state index is 9.09. The van der Waals surface area contributed by atoms with Gasteiger partial charge in [-0.15, -0.1) is 0 Å². The molecule has 2 heteroatoms. The fraction of sp³-hybridized carbons (Fsp3) is 0.154. The van der Waals surface area contributed by atoms with Crippen molar-refractivity contribution in [2.24, 2.45) is 0 Å². The number of fused-ring (bicyclic) bond motifs is 1. The van der Waals surface area contributed by atoms with Gasteiger partial charge >= 0.3 is 0 Å². The molecule has 0 saturated heterocycles. The average Bonchev–Trinajstić information content (AvgIpc) is 2.26. The minimum absolute atomic E-state index is 0.607. The summed E-state index contributed by atoms with van der Waals surface area (Å²) in [5.74, 6) is 5.64. The highest BCUT2D eigenvalue weighted by Gasteiger charge is 1.97. The Labute approximate surface area is 88.6 Å².